The van der Waals surface area contributed by atoms with E-state index >= 15 is 0 Å². The minimum Gasteiger partial charge on any atom is -0.501 e. The zero-order chi connectivity index (χ0) is 27.7. The molecule has 200 valence electrons. The van der Waals surface area contributed by atoms with Crippen molar-refractivity contribution in [3.05, 3.63) is 68.8 Å². The Morgan fingerprint density at radius 1 is 1.35 bits per heavy atom. The lowest BCUT2D eigenvalue weighted by molar-refractivity contribution is -0.146. The predicted octanol–water partition coefficient (Wildman–Crippen LogP) is 2.41. The standard InChI is InChI=1S/C25H32N4O7S/c1-8-17(16(4)35-7)18(36-13-14(2)30)12-27-22-19(15(3)21(37-22)28-11-9-10-26-28)20(31)29(24(27)34)25(5,6)23(32)33/h8-11,14,18,30H,1,12-13H2,2-7H3,(H,32,33)/b17-16-/t14-,18-/m0/s1. The minimum absolute atomic E-state index is 0.0425. The maximum absolute atomic E-state index is 13.9. The zero-order valence-corrected chi connectivity index (χ0v) is 22.5. The number of aryl methyl sites for hydroxylation is 1. The number of carboxylic acids is 1. The maximum atomic E-state index is 13.9. The van der Waals surface area contributed by atoms with Gasteiger partial charge < -0.3 is 19.7 Å². The molecule has 0 fully saturated rings. The number of aliphatic carboxylic acids is 1. The summed E-state index contributed by atoms with van der Waals surface area (Å²) in [4.78, 5) is 40.0. The van der Waals surface area contributed by atoms with Gasteiger partial charge in [-0.2, -0.15) is 5.10 Å². The largest absolute Gasteiger partial charge is 0.501 e. The lowest BCUT2D eigenvalue weighted by Crippen LogP contribution is -2.53. The highest BCUT2D eigenvalue weighted by Gasteiger charge is 2.36. The third-order valence-corrected chi connectivity index (χ3v) is 7.45. The van der Waals surface area contributed by atoms with Crippen LogP contribution in [0.3, 0.4) is 0 Å². The molecule has 0 aliphatic rings. The molecule has 0 aliphatic heterocycles. The summed E-state index contributed by atoms with van der Waals surface area (Å²) >= 11 is 1.19. The number of rotatable bonds is 11. The molecule has 0 aromatic carbocycles. The number of carbonyl (C=O) groups is 1. The smallest absolute Gasteiger partial charge is 0.333 e. The van der Waals surface area contributed by atoms with Gasteiger partial charge in [0.25, 0.3) is 5.56 Å². The van der Waals surface area contributed by atoms with E-state index < -0.39 is 35.0 Å². The van der Waals surface area contributed by atoms with Crippen LogP contribution in [-0.2, 0) is 26.4 Å². The van der Waals surface area contributed by atoms with Crippen molar-refractivity contribution in [3.63, 3.8) is 0 Å². The molecule has 3 heterocycles. The third-order valence-electron chi connectivity index (χ3n) is 6.15. The Morgan fingerprint density at radius 2 is 2.03 bits per heavy atom. The summed E-state index contributed by atoms with van der Waals surface area (Å²) in [7, 11) is 1.49. The third kappa shape index (κ3) is 5.17. The molecule has 37 heavy (non-hydrogen) atoms. The lowest BCUT2D eigenvalue weighted by Gasteiger charge is -2.26. The van der Waals surface area contributed by atoms with Gasteiger partial charge in [0.05, 0.1) is 37.5 Å². The molecule has 12 heteroatoms. The fraction of sp³-hybridized carbons (Fsp3) is 0.440. The normalized spacial score (nSPS) is 14.4. The molecule has 3 aromatic rings. The van der Waals surface area contributed by atoms with Crippen LogP contribution in [0.15, 0.2) is 52.0 Å². The van der Waals surface area contributed by atoms with Crippen molar-refractivity contribution >= 4 is 27.5 Å². The van der Waals surface area contributed by atoms with Crippen molar-refractivity contribution in [2.24, 2.45) is 0 Å². The number of carboxylic acid groups (broad SMARTS) is 1. The Labute approximate surface area is 217 Å². The topological polar surface area (TPSA) is 138 Å². The van der Waals surface area contributed by atoms with Crippen LogP contribution < -0.4 is 11.2 Å². The van der Waals surface area contributed by atoms with Gasteiger partial charge in [-0.25, -0.2) is 18.8 Å². The van der Waals surface area contributed by atoms with Crippen LogP contribution in [0.25, 0.3) is 15.2 Å². The Bertz CT molecular complexity index is 1460. The summed E-state index contributed by atoms with van der Waals surface area (Å²) in [6.45, 7) is 11.3. The van der Waals surface area contributed by atoms with Crippen molar-refractivity contribution in [2.75, 3.05) is 13.7 Å². The number of aliphatic hydroxyl groups excluding tert-OH is 1. The monoisotopic (exact) mass is 532 g/mol. The SMILES string of the molecule is C=C/C(=C(\C)OC)[C@H](Cn1c(=O)n(C(C)(C)C(=O)O)c(=O)c2c(C)c(-n3cccn3)sc21)OC[C@H](C)O. The van der Waals surface area contributed by atoms with Gasteiger partial charge in [0.2, 0.25) is 0 Å². The average molecular weight is 533 g/mol. The van der Waals surface area contributed by atoms with Crippen LogP contribution in [0.2, 0.25) is 0 Å². The fourth-order valence-corrected chi connectivity index (χ4v) is 5.22. The number of aromatic nitrogens is 4. The number of thiophene rings is 1. The second kappa shape index (κ2) is 10.9. The van der Waals surface area contributed by atoms with Crippen LogP contribution in [-0.4, -0.2) is 61.0 Å². The minimum atomic E-state index is -1.83. The second-order valence-electron chi connectivity index (χ2n) is 9.15. The molecule has 3 aromatic heterocycles. The predicted molar refractivity (Wildman–Crippen MR) is 140 cm³/mol. The van der Waals surface area contributed by atoms with Crippen molar-refractivity contribution < 1.29 is 24.5 Å². The molecule has 2 atom stereocenters. The van der Waals surface area contributed by atoms with Crippen LogP contribution in [0, 0.1) is 6.92 Å². The molecule has 0 radical (unpaired) electrons. The molecular weight excluding hydrogens is 500 g/mol. The molecule has 0 bridgehead atoms. The summed E-state index contributed by atoms with van der Waals surface area (Å²) in [6.07, 6.45) is 3.26. The summed E-state index contributed by atoms with van der Waals surface area (Å²) < 4.78 is 15.0. The van der Waals surface area contributed by atoms with E-state index in [9.17, 15) is 24.6 Å². The van der Waals surface area contributed by atoms with Crippen molar-refractivity contribution in [3.8, 4) is 5.00 Å². The first-order valence-corrected chi connectivity index (χ1v) is 12.4. The van der Waals surface area contributed by atoms with Crippen LogP contribution >= 0.6 is 11.3 Å². The van der Waals surface area contributed by atoms with E-state index in [4.69, 9.17) is 9.47 Å². The van der Waals surface area contributed by atoms with Gasteiger partial charge in [0.15, 0.2) is 0 Å². The van der Waals surface area contributed by atoms with Crippen LogP contribution in [0.4, 0.5) is 0 Å². The zero-order valence-electron chi connectivity index (χ0n) is 21.7. The number of methoxy groups -OCH3 is 1. The number of hydrogen-bond donors (Lipinski definition) is 2. The Balaban J connectivity index is 2.41. The second-order valence-corrected chi connectivity index (χ2v) is 10.1. The first kappa shape index (κ1) is 28.1. The van der Waals surface area contributed by atoms with E-state index in [2.05, 4.69) is 11.7 Å². The van der Waals surface area contributed by atoms with Crippen molar-refractivity contribution in [2.45, 2.75) is 58.9 Å². The van der Waals surface area contributed by atoms with Crippen molar-refractivity contribution in [1.82, 2.24) is 18.9 Å². The van der Waals surface area contributed by atoms with Crippen molar-refractivity contribution in [1.29, 1.82) is 0 Å². The molecule has 2 N–H and O–H groups in total. The highest BCUT2D eigenvalue weighted by atomic mass is 32.1. The number of fused-ring (bicyclic) bond motifs is 1. The lowest BCUT2D eigenvalue weighted by atomic mass is 10.1. The van der Waals surface area contributed by atoms with E-state index in [-0.39, 0.29) is 18.5 Å². The number of nitrogens with zero attached hydrogens (tertiary/aromatic N) is 4. The molecule has 11 nitrogen and oxygen atoms in total. The summed E-state index contributed by atoms with van der Waals surface area (Å²) in [5.41, 5.74) is -2.24. The number of ether oxygens (including phenoxy) is 2. The van der Waals surface area contributed by atoms with Crippen LogP contribution in [0.1, 0.15) is 33.3 Å². The van der Waals surface area contributed by atoms with Gasteiger partial charge in [-0.3, -0.25) is 9.36 Å². The molecule has 0 unspecified atom stereocenters. The molecule has 0 aliphatic carbocycles. The van der Waals surface area contributed by atoms with Gasteiger partial charge in [-0.15, -0.1) is 0 Å². The van der Waals surface area contributed by atoms with Gasteiger partial charge in [-0.05, 0) is 40.7 Å². The van der Waals surface area contributed by atoms with Gasteiger partial charge >= 0.3 is 11.7 Å². The fourth-order valence-electron chi connectivity index (χ4n) is 3.97. The number of hydrogen-bond acceptors (Lipinski definition) is 8. The number of aliphatic hydroxyl groups is 1. The molecular formula is C25H32N4O7S. The first-order valence-electron chi connectivity index (χ1n) is 11.6. The molecule has 3 rings (SSSR count). The molecule has 0 saturated heterocycles. The molecule has 0 amide bonds. The molecule has 0 spiro atoms. The summed E-state index contributed by atoms with van der Waals surface area (Å²) in [5.74, 6) is -0.838. The van der Waals surface area contributed by atoms with Gasteiger partial charge in [-0.1, -0.05) is 24.0 Å². The maximum Gasteiger partial charge on any atom is 0.333 e. The van der Waals surface area contributed by atoms with Gasteiger partial charge in [0.1, 0.15) is 21.5 Å². The van der Waals surface area contributed by atoms with E-state index in [1.54, 1.807) is 50.0 Å². The molecule has 0 saturated carbocycles. The Morgan fingerprint density at radius 3 is 2.54 bits per heavy atom. The quantitative estimate of drug-likeness (QED) is 0.284. The highest BCUT2D eigenvalue weighted by molar-refractivity contribution is 7.21. The van der Waals surface area contributed by atoms with Crippen LogP contribution in [0.5, 0.6) is 0 Å². The van der Waals surface area contributed by atoms with E-state index in [1.165, 1.54) is 36.9 Å². The van der Waals surface area contributed by atoms with E-state index in [0.717, 1.165) is 4.57 Å². The highest BCUT2D eigenvalue weighted by Crippen LogP contribution is 2.32. The Hall–Kier alpha value is -3.48. The average Bonchev–Trinajstić information content (AvgIpc) is 3.47. The van der Waals surface area contributed by atoms with Gasteiger partial charge in [0, 0.05) is 23.5 Å². The van der Waals surface area contributed by atoms with E-state index in [0.29, 0.717) is 26.7 Å². The first-order chi connectivity index (χ1) is 17.4. The Kier molecular flexibility index (Phi) is 8.25. The summed E-state index contributed by atoms with van der Waals surface area (Å²) in [6, 6.07) is 1.73. The number of allylic oxidation sites excluding steroid dienone is 1. The summed E-state index contributed by atoms with van der Waals surface area (Å²) in [5, 5.41) is 24.8. The van der Waals surface area contributed by atoms with E-state index in [1.807, 2.05) is 0 Å².